The van der Waals surface area contributed by atoms with E-state index in [1.165, 1.54) is 0 Å². The Balaban J connectivity index is 1.77. The molecule has 0 amide bonds. The lowest BCUT2D eigenvalue weighted by atomic mass is 10.00. The van der Waals surface area contributed by atoms with Crippen LogP contribution in [-0.4, -0.2) is 23.9 Å². The van der Waals surface area contributed by atoms with E-state index in [1.54, 1.807) is 12.4 Å². The van der Waals surface area contributed by atoms with Gasteiger partial charge in [-0.25, -0.2) is 0 Å². The molecule has 0 fully saturated rings. The summed E-state index contributed by atoms with van der Waals surface area (Å²) in [7, 11) is 0. The van der Waals surface area contributed by atoms with Crippen LogP contribution in [0.2, 0.25) is 0 Å². The first-order chi connectivity index (χ1) is 15.9. The average Bonchev–Trinajstić information content (AvgIpc) is 2.87. The van der Waals surface area contributed by atoms with Gasteiger partial charge in [0, 0.05) is 11.1 Å². The fourth-order valence-electron chi connectivity index (χ4n) is 3.06. The fourth-order valence-corrected chi connectivity index (χ4v) is 3.06. The molecule has 0 spiro atoms. The third-order valence-electron chi connectivity index (χ3n) is 4.65. The van der Waals surface area contributed by atoms with Crippen molar-refractivity contribution in [2.24, 2.45) is 20.4 Å². The van der Waals surface area contributed by atoms with E-state index in [1.807, 2.05) is 121 Å². The van der Waals surface area contributed by atoms with Crippen molar-refractivity contribution in [3.05, 3.63) is 144 Å². The summed E-state index contributed by atoms with van der Waals surface area (Å²) >= 11 is 0. The minimum atomic E-state index is 0.647. The molecule has 32 heavy (non-hydrogen) atoms. The van der Waals surface area contributed by atoms with Gasteiger partial charge in [-0.2, -0.15) is 10.2 Å². The normalized spacial score (nSPS) is 12.5. The Labute approximate surface area is 188 Å². The van der Waals surface area contributed by atoms with Crippen molar-refractivity contribution in [1.29, 1.82) is 0 Å². The molecule has 0 saturated carbocycles. The van der Waals surface area contributed by atoms with Gasteiger partial charge in [0.15, 0.2) is 0 Å². The summed E-state index contributed by atoms with van der Waals surface area (Å²) in [6.45, 7) is 0. The van der Waals surface area contributed by atoms with Crippen LogP contribution in [0.4, 0.5) is 0 Å². The molecular formula is C28H22N4. The highest BCUT2D eigenvalue weighted by atomic mass is 15.2. The lowest BCUT2D eigenvalue weighted by molar-refractivity contribution is 1.23. The number of benzene rings is 4. The van der Waals surface area contributed by atoms with Crippen molar-refractivity contribution in [2.75, 3.05) is 0 Å². The Morgan fingerprint density at radius 3 is 1.06 bits per heavy atom. The van der Waals surface area contributed by atoms with Gasteiger partial charge < -0.3 is 0 Å². The van der Waals surface area contributed by atoms with E-state index >= 15 is 0 Å². The monoisotopic (exact) mass is 414 g/mol. The van der Waals surface area contributed by atoms with Gasteiger partial charge in [0.25, 0.3) is 0 Å². The highest BCUT2D eigenvalue weighted by Gasteiger charge is 2.14. The smallest absolute Gasteiger partial charge is 0.121 e. The molecule has 0 radical (unpaired) electrons. The average molecular weight is 415 g/mol. The van der Waals surface area contributed by atoms with Crippen LogP contribution in [0.3, 0.4) is 0 Å². The maximum atomic E-state index is 4.57. The van der Waals surface area contributed by atoms with E-state index in [9.17, 15) is 0 Å². The Kier molecular flexibility index (Phi) is 7.21. The van der Waals surface area contributed by atoms with E-state index < -0.39 is 0 Å². The van der Waals surface area contributed by atoms with Crippen molar-refractivity contribution in [3.8, 4) is 0 Å². The summed E-state index contributed by atoms with van der Waals surface area (Å²) in [6.07, 6.45) is 3.47. The van der Waals surface area contributed by atoms with E-state index in [4.69, 9.17) is 0 Å². The van der Waals surface area contributed by atoms with E-state index in [0.717, 1.165) is 22.3 Å². The minimum Gasteiger partial charge on any atom is -0.158 e. The van der Waals surface area contributed by atoms with Crippen LogP contribution in [-0.2, 0) is 0 Å². The van der Waals surface area contributed by atoms with Gasteiger partial charge in [0.1, 0.15) is 11.4 Å². The third kappa shape index (κ3) is 5.80. The Morgan fingerprint density at radius 2 is 0.719 bits per heavy atom. The summed E-state index contributed by atoms with van der Waals surface area (Å²) in [6, 6.07) is 39.6. The molecule has 0 N–H and O–H groups in total. The number of nitrogens with zero attached hydrogens (tertiary/aromatic N) is 4. The van der Waals surface area contributed by atoms with Gasteiger partial charge in [-0.15, -0.1) is 10.2 Å². The number of rotatable bonds is 7. The quantitative estimate of drug-likeness (QED) is 0.262. The van der Waals surface area contributed by atoms with Crippen LogP contribution in [0.5, 0.6) is 0 Å². The molecule has 4 nitrogen and oxygen atoms in total. The van der Waals surface area contributed by atoms with Crippen LogP contribution >= 0.6 is 0 Å². The van der Waals surface area contributed by atoms with Crippen LogP contribution in [0.1, 0.15) is 22.3 Å². The molecule has 154 valence electrons. The maximum absolute atomic E-state index is 4.57. The highest BCUT2D eigenvalue weighted by molar-refractivity contribution is 6.53. The molecule has 4 heteroatoms. The molecule has 0 atom stereocenters. The van der Waals surface area contributed by atoms with Crippen molar-refractivity contribution in [1.82, 2.24) is 0 Å². The Morgan fingerprint density at radius 1 is 0.406 bits per heavy atom. The summed E-state index contributed by atoms with van der Waals surface area (Å²) < 4.78 is 0. The molecule has 4 rings (SSSR count). The second kappa shape index (κ2) is 11.1. The van der Waals surface area contributed by atoms with Gasteiger partial charge in [0.2, 0.25) is 0 Å². The maximum Gasteiger partial charge on any atom is 0.121 e. The van der Waals surface area contributed by atoms with Crippen LogP contribution in [0.15, 0.2) is 142 Å². The highest BCUT2D eigenvalue weighted by Crippen LogP contribution is 2.12. The summed E-state index contributed by atoms with van der Waals surface area (Å²) in [4.78, 5) is 0. The molecule has 0 unspecified atom stereocenters. The molecule has 0 aromatic heterocycles. The first-order valence-electron chi connectivity index (χ1n) is 10.3. The van der Waals surface area contributed by atoms with Gasteiger partial charge in [-0.1, -0.05) is 121 Å². The van der Waals surface area contributed by atoms with Crippen molar-refractivity contribution < 1.29 is 0 Å². The molecule has 0 aliphatic heterocycles. The Hall–Kier alpha value is -4.44. The topological polar surface area (TPSA) is 49.4 Å². The summed E-state index contributed by atoms with van der Waals surface area (Å²) in [5.74, 6) is 0. The molecule has 4 aromatic rings. The lowest BCUT2D eigenvalue weighted by Gasteiger charge is -2.08. The Bertz CT molecular complexity index is 1130. The van der Waals surface area contributed by atoms with Gasteiger partial charge in [-0.3, -0.25) is 0 Å². The molecule has 0 aliphatic rings. The first-order valence-corrected chi connectivity index (χ1v) is 10.3. The molecule has 0 heterocycles. The van der Waals surface area contributed by atoms with E-state index in [0.29, 0.717) is 11.4 Å². The van der Waals surface area contributed by atoms with Gasteiger partial charge >= 0.3 is 0 Å². The first kappa shape index (κ1) is 20.8. The van der Waals surface area contributed by atoms with E-state index in [2.05, 4.69) is 20.4 Å². The van der Waals surface area contributed by atoms with Gasteiger partial charge in [0.05, 0.1) is 12.4 Å². The van der Waals surface area contributed by atoms with Crippen molar-refractivity contribution in [3.63, 3.8) is 0 Å². The fraction of sp³-hybridized carbons (Fsp3) is 0. The summed E-state index contributed by atoms with van der Waals surface area (Å²) in [5, 5.41) is 17.9. The number of hydrogen-bond acceptors (Lipinski definition) is 4. The van der Waals surface area contributed by atoms with Gasteiger partial charge in [-0.05, 0) is 11.1 Å². The second-order valence-corrected chi connectivity index (χ2v) is 6.94. The zero-order valence-corrected chi connectivity index (χ0v) is 17.5. The molecule has 0 aliphatic carbocycles. The predicted octanol–water partition coefficient (Wildman–Crippen LogP) is 6.03. The molecule has 0 saturated heterocycles. The van der Waals surface area contributed by atoms with E-state index in [-0.39, 0.29) is 0 Å². The summed E-state index contributed by atoms with van der Waals surface area (Å²) in [5.41, 5.74) is 5.07. The minimum absolute atomic E-state index is 0.647. The SMILES string of the molecule is C(=N/N=C(/C(=N/N=C/c1ccccc1)c1ccccc1)c1ccccc1)/c1ccccc1. The number of hydrogen-bond donors (Lipinski definition) is 0. The zero-order valence-electron chi connectivity index (χ0n) is 17.5. The van der Waals surface area contributed by atoms with Crippen LogP contribution < -0.4 is 0 Å². The van der Waals surface area contributed by atoms with Crippen molar-refractivity contribution >= 4 is 23.9 Å². The molecule has 4 aromatic carbocycles. The van der Waals surface area contributed by atoms with Crippen LogP contribution in [0.25, 0.3) is 0 Å². The lowest BCUT2D eigenvalue weighted by Crippen LogP contribution is -2.17. The van der Waals surface area contributed by atoms with Crippen molar-refractivity contribution in [2.45, 2.75) is 0 Å². The predicted molar refractivity (Wildman–Crippen MR) is 134 cm³/mol. The van der Waals surface area contributed by atoms with Crippen LogP contribution in [0, 0.1) is 0 Å². The second-order valence-electron chi connectivity index (χ2n) is 6.94. The zero-order chi connectivity index (χ0) is 21.8. The standard InChI is InChI=1S/C28H22N4/c1-5-13-23(14-6-1)21-29-31-27(25-17-9-3-10-18-25)28(26-19-11-4-12-20-26)32-30-22-24-15-7-2-8-16-24/h1-22H/b29-21-,30-22+,31-27+,32-28+. The molecule has 0 bridgehead atoms. The largest absolute Gasteiger partial charge is 0.158 e. The molecular weight excluding hydrogens is 392 g/mol. The third-order valence-corrected chi connectivity index (χ3v) is 4.65.